The van der Waals surface area contributed by atoms with Crippen molar-refractivity contribution in [1.29, 1.82) is 0 Å². The van der Waals surface area contributed by atoms with Gasteiger partial charge in [-0.2, -0.15) is 0 Å². The summed E-state index contributed by atoms with van der Waals surface area (Å²) in [6.45, 7) is 9.69. The van der Waals surface area contributed by atoms with Crippen LogP contribution in [0.1, 0.15) is 30.5 Å². The third-order valence-corrected chi connectivity index (χ3v) is 4.25. The molecule has 1 N–H and O–H groups in total. The standard InChI is InChI=1S/C16H21NS/c1-11(2)17-9-14-8-16(18-10-14)15-7-5-6-12(3)13(15)4/h5-8,10-11,17H,9H2,1-4H3. The van der Waals surface area contributed by atoms with Gasteiger partial charge >= 0.3 is 0 Å². The Morgan fingerprint density at radius 2 is 2.00 bits per heavy atom. The molecule has 18 heavy (non-hydrogen) atoms. The summed E-state index contributed by atoms with van der Waals surface area (Å²) in [4.78, 5) is 1.37. The molecular formula is C16H21NS. The minimum Gasteiger partial charge on any atom is -0.310 e. The second-order valence-electron chi connectivity index (χ2n) is 5.10. The van der Waals surface area contributed by atoms with Gasteiger partial charge in [0.05, 0.1) is 0 Å². The lowest BCUT2D eigenvalue weighted by Crippen LogP contribution is -2.21. The zero-order valence-corrected chi connectivity index (χ0v) is 12.4. The van der Waals surface area contributed by atoms with Crippen molar-refractivity contribution >= 4 is 11.3 Å². The van der Waals surface area contributed by atoms with Crippen molar-refractivity contribution in [2.75, 3.05) is 0 Å². The second kappa shape index (κ2) is 5.68. The van der Waals surface area contributed by atoms with Crippen LogP contribution in [0.15, 0.2) is 29.6 Å². The summed E-state index contributed by atoms with van der Waals surface area (Å²) in [6.07, 6.45) is 0. The Morgan fingerprint density at radius 1 is 1.22 bits per heavy atom. The molecule has 1 heterocycles. The van der Waals surface area contributed by atoms with Gasteiger partial charge in [0.15, 0.2) is 0 Å². The molecule has 0 saturated carbocycles. The molecule has 1 nitrogen and oxygen atoms in total. The SMILES string of the molecule is Cc1cccc(-c2cc(CNC(C)C)cs2)c1C. The molecule has 0 bridgehead atoms. The van der Waals surface area contributed by atoms with Crippen molar-refractivity contribution in [2.45, 2.75) is 40.3 Å². The predicted octanol–water partition coefficient (Wildman–Crippen LogP) is 4.53. The van der Waals surface area contributed by atoms with Gasteiger partial charge in [0.2, 0.25) is 0 Å². The molecule has 0 aliphatic heterocycles. The van der Waals surface area contributed by atoms with E-state index in [2.05, 4.69) is 62.7 Å². The fourth-order valence-electron chi connectivity index (χ4n) is 1.95. The van der Waals surface area contributed by atoms with Crippen LogP contribution in [-0.4, -0.2) is 6.04 Å². The maximum absolute atomic E-state index is 3.46. The van der Waals surface area contributed by atoms with Gasteiger partial charge in [0.25, 0.3) is 0 Å². The molecule has 0 amide bonds. The topological polar surface area (TPSA) is 12.0 Å². The van der Waals surface area contributed by atoms with E-state index in [0.717, 1.165) is 6.54 Å². The number of hydrogen-bond donors (Lipinski definition) is 1. The van der Waals surface area contributed by atoms with E-state index in [1.807, 2.05) is 11.3 Å². The maximum atomic E-state index is 3.46. The van der Waals surface area contributed by atoms with Crippen LogP contribution in [0.25, 0.3) is 10.4 Å². The van der Waals surface area contributed by atoms with Crippen LogP contribution < -0.4 is 5.32 Å². The van der Waals surface area contributed by atoms with E-state index in [9.17, 15) is 0 Å². The number of nitrogens with one attached hydrogen (secondary N) is 1. The molecule has 0 aliphatic carbocycles. The minimum atomic E-state index is 0.536. The largest absolute Gasteiger partial charge is 0.310 e. The molecule has 0 radical (unpaired) electrons. The van der Waals surface area contributed by atoms with Gasteiger partial charge in [0, 0.05) is 17.5 Å². The highest BCUT2D eigenvalue weighted by Crippen LogP contribution is 2.31. The first-order valence-corrected chi connectivity index (χ1v) is 7.33. The van der Waals surface area contributed by atoms with Gasteiger partial charge in [-0.05, 0) is 47.5 Å². The highest BCUT2D eigenvalue weighted by Gasteiger charge is 2.07. The Bertz CT molecular complexity index is 526. The van der Waals surface area contributed by atoms with Crippen LogP contribution in [0, 0.1) is 13.8 Å². The lowest BCUT2D eigenvalue weighted by molar-refractivity contribution is 0.590. The van der Waals surface area contributed by atoms with E-state index >= 15 is 0 Å². The van der Waals surface area contributed by atoms with Crippen LogP contribution >= 0.6 is 11.3 Å². The fourth-order valence-corrected chi connectivity index (χ4v) is 2.95. The van der Waals surface area contributed by atoms with Gasteiger partial charge in [-0.1, -0.05) is 32.0 Å². The number of aryl methyl sites for hydroxylation is 1. The van der Waals surface area contributed by atoms with Crippen molar-refractivity contribution in [3.63, 3.8) is 0 Å². The van der Waals surface area contributed by atoms with Gasteiger partial charge < -0.3 is 5.32 Å². The fraction of sp³-hybridized carbons (Fsp3) is 0.375. The number of rotatable bonds is 4. The molecule has 0 spiro atoms. The summed E-state index contributed by atoms with van der Waals surface area (Å²) in [5.41, 5.74) is 5.51. The van der Waals surface area contributed by atoms with E-state index in [-0.39, 0.29) is 0 Å². The smallest absolute Gasteiger partial charge is 0.0348 e. The van der Waals surface area contributed by atoms with E-state index < -0.39 is 0 Å². The Kier molecular flexibility index (Phi) is 4.20. The molecule has 0 fully saturated rings. The third-order valence-electron chi connectivity index (χ3n) is 3.24. The average molecular weight is 259 g/mol. The molecule has 1 aromatic carbocycles. The first-order valence-electron chi connectivity index (χ1n) is 6.45. The van der Waals surface area contributed by atoms with Crippen molar-refractivity contribution in [1.82, 2.24) is 5.32 Å². The Balaban J connectivity index is 2.21. The van der Waals surface area contributed by atoms with Gasteiger partial charge in [-0.15, -0.1) is 11.3 Å². The molecule has 0 aliphatic rings. The first-order chi connectivity index (χ1) is 8.58. The predicted molar refractivity (Wildman–Crippen MR) is 81.2 cm³/mol. The second-order valence-corrected chi connectivity index (χ2v) is 6.01. The van der Waals surface area contributed by atoms with E-state index in [1.165, 1.54) is 27.1 Å². The molecule has 0 atom stereocenters. The van der Waals surface area contributed by atoms with Gasteiger partial charge in [-0.25, -0.2) is 0 Å². The molecule has 2 aromatic rings. The highest BCUT2D eigenvalue weighted by molar-refractivity contribution is 7.13. The first kappa shape index (κ1) is 13.3. The summed E-state index contributed by atoms with van der Waals surface area (Å²) >= 11 is 1.84. The van der Waals surface area contributed by atoms with Gasteiger partial charge in [-0.3, -0.25) is 0 Å². The van der Waals surface area contributed by atoms with Crippen LogP contribution in [0.2, 0.25) is 0 Å². The summed E-state index contributed by atoms with van der Waals surface area (Å²) in [6, 6.07) is 9.38. The summed E-state index contributed by atoms with van der Waals surface area (Å²) in [7, 11) is 0. The van der Waals surface area contributed by atoms with E-state index in [4.69, 9.17) is 0 Å². The maximum Gasteiger partial charge on any atom is 0.0348 e. The van der Waals surface area contributed by atoms with Crippen molar-refractivity contribution in [3.05, 3.63) is 46.3 Å². The number of hydrogen-bond acceptors (Lipinski definition) is 2. The van der Waals surface area contributed by atoms with Crippen LogP contribution in [-0.2, 0) is 6.54 Å². The third kappa shape index (κ3) is 3.01. The van der Waals surface area contributed by atoms with Crippen molar-refractivity contribution < 1.29 is 0 Å². The van der Waals surface area contributed by atoms with E-state index in [1.54, 1.807) is 0 Å². The zero-order chi connectivity index (χ0) is 13.1. The number of thiophene rings is 1. The summed E-state index contributed by atoms with van der Waals surface area (Å²) in [5, 5.41) is 5.72. The van der Waals surface area contributed by atoms with Crippen LogP contribution in [0.3, 0.4) is 0 Å². The lowest BCUT2D eigenvalue weighted by atomic mass is 10.0. The summed E-state index contributed by atoms with van der Waals surface area (Å²) in [5.74, 6) is 0. The Hall–Kier alpha value is -1.12. The molecular weight excluding hydrogens is 238 g/mol. The average Bonchev–Trinajstić information content (AvgIpc) is 2.78. The molecule has 2 heteroatoms. The van der Waals surface area contributed by atoms with Gasteiger partial charge in [0.1, 0.15) is 0 Å². The molecule has 0 saturated heterocycles. The Morgan fingerprint density at radius 3 is 2.72 bits per heavy atom. The minimum absolute atomic E-state index is 0.536. The summed E-state index contributed by atoms with van der Waals surface area (Å²) < 4.78 is 0. The lowest BCUT2D eigenvalue weighted by Gasteiger charge is -2.07. The number of benzene rings is 1. The van der Waals surface area contributed by atoms with Crippen molar-refractivity contribution in [3.8, 4) is 10.4 Å². The quantitative estimate of drug-likeness (QED) is 0.850. The zero-order valence-electron chi connectivity index (χ0n) is 11.6. The normalized spacial score (nSPS) is 11.2. The van der Waals surface area contributed by atoms with Crippen molar-refractivity contribution in [2.24, 2.45) is 0 Å². The van der Waals surface area contributed by atoms with Crippen LogP contribution in [0.5, 0.6) is 0 Å². The highest BCUT2D eigenvalue weighted by atomic mass is 32.1. The monoisotopic (exact) mass is 259 g/mol. The van der Waals surface area contributed by atoms with E-state index in [0.29, 0.717) is 6.04 Å². The Labute approximate surface area is 114 Å². The molecule has 2 rings (SSSR count). The molecule has 0 unspecified atom stereocenters. The molecule has 96 valence electrons. The molecule has 1 aromatic heterocycles. The van der Waals surface area contributed by atoms with Crippen LogP contribution in [0.4, 0.5) is 0 Å².